The van der Waals surface area contributed by atoms with Crippen molar-refractivity contribution in [3.63, 3.8) is 0 Å². The minimum absolute atomic E-state index is 0.287. The summed E-state index contributed by atoms with van der Waals surface area (Å²) in [5.41, 5.74) is 2.53. The van der Waals surface area contributed by atoms with Crippen molar-refractivity contribution in [2.45, 2.75) is 45.4 Å². The molecule has 2 aromatic heterocycles. The molecule has 0 amide bonds. The first-order valence-electron chi connectivity index (χ1n) is 11.5. The molecule has 2 aromatic rings. The van der Waals surface area contributed by atoms with Crippen LogP contribution in [0.3, 0.4) is 0 Å². The molecule has 7 nitrogen and oxygen atoms in total. The topological polar surface area (TPSA) is 54.8 Å². The van der Waals surface area contributed by atoms with Crippen LogP contribution in [-0.2, 0) is 23.1 Å². The van der Waals surface area contributed by atoms with E-state index in [4.69, 9.17) is 14.6 Å². The quantitative estimate of drug-likeness (QED) is 0.671. The van der Waals surface area contributed by atoms with Crippen LogP contribution in [-0.4, -0.2) is 73.3 Å². The van der Waals surface area contributed by atoms with Gasteiger partial charge in [0.05, 0.1) is 37.7 Å². The van der Waals surface area contributed by atoms with Gasteiger partial charge in [0.15, 0.2) is 0 Å². The van der Waals surface area contributed by atoms with Gasteiger partial charge in [-0.3, -0.25) is 9.58 Å². The van der Waals surface area contributed by atoms with Gasteiger partial charge in [-0.25, -0.2) is 0 Å². The summed E-state index contributed by atoms with van der Waals surface area (Å²) in [7, 11) is 2.07. The molecular formula is C23H37N5O2S. The number of thiophene rings is 1. The van der Waals surface area contributed by atoms with Gasteiger partial charge in [0.1, 0.15) is 5.82 Å². The van der Waals surface area contributed by atoms with Gasteiger partial charge in [-0.15, -0.1) is 11.3 Å². The molecule has 172 valence electrons. The van der Waals surface area contributed by atoms with E-state index in [0.717, 1.165) is 59.1 Å². The highest BCUT2D eigenvalue weighted by molar-refractivity contribution is 7.10. The summed E-state index contributed by atoms with van der Waals surface area (Å²) in [5.74, 6) is 1.64. The second kappa shape index (κ2) is 10.4. The number of ether oxygens (including phenoxy) is 2. The van der Waals surface area contributed by atoms with E-state index < -0.39 is 0 Å². The molecular weight excluding hydrogens is 410 g/mol. The van der Waals surface area contributed by atoms with Crippen LogP contribution in [0.1, 0.15) is 48.9 Å². The van der Waals surface area contributed by atoms with E-state index in [2.05, 4.69) is 65.1 Å². The maximum atomic E-state index is 5.79. The lowest BCUT2D eigenvalue weighted by Gasteiger charge is -2.37. The summed E-state index contributed by atoms with van der Waals surface area (Å²) < 4.78 is 13.4. The fraction of sp³-hybridized carbons (Fsp3) is 0.696. The zero-order valence-corrected chi connectivity index (χ0v) is 20.2. The fourth-order valence-electron chi connectivity index (χ4n) is 4.74. The van der Waals surface area contributed by atoms with Gasteiger partial charge in [0.25, 0.3) is 0 Å². The summed E-state index contributed by atoms with van der Waals surface area (Å²) in [5, 5.41) is 10.9. The largest absolute Gasteiger partial charge is 0.378 e. The lowest BCUT2D eigenvalue weighted by atomic mass is 10.0. The average molecular weight is 448 g/mol. The third-order valence-corrected chi connectivity index (χ3v) is 7.20. The van der Waals surface area contributed by atoms with Gasteiger partial charge in [0, 0.05) is 56.8 Å². The van der Waals surface area contributed by atoms with Crippen molar-refractivity contribution in [2.24, 2.45) is 7.05 Å². The molecule has 4 heterocycles. The zero-order valence-electron chi connectivity index (χ0n) is 19.3. The van der Waals surface area contributed by atoms with Crippen molar-refractivity contribution in [1.29, 1.82) is 0 Å². The number of nitrogens with one attached hydrogen (secondary N) is 1. The van der Waals surface area contributed by atoms with Gasteiger partial charge in [-0.05, 0) is 24.3 Å². The third kappa shape index (κ3) is 5.31. The van der Waals surface area contributed by atoms with Gasteiger partial charge < -0.3 is 19.7 Å². The Hall–Kier alpha value is -1.45. The van der Waals surface area contributed by atoms with E-state index in [9.17, 15) is 0 Å². The van der Waals surface area contributed by atoms with E-state index in [0.29, 0.717) is 12.0 Å². The molecule has 2 saturated heterocycles. The van der Waals surface area contributed by atoms with Crippen molar-refractivity contribution >= 4 is 17.2 Å². The van der Waals surface area contributed by atoms with E-state index >= 15 is 0 Å². The average Bonchev–Trinajstić information content (AvgIpc) is 3.40. The van der Waals surface area contributed by atoms with Crippen LogP contribution in [0.2, 0.25) is 0 Å². The standard InChI is InChI=1S/C23H37N5O2S/c1-17(2)22-19(23(26(4)25-22)27-7-10-29-11-8-27)14-24-15-20(21-6-5-13-31-21)28-9-12-30-18(3)16-28/h5-6,13,17-18,20,24H,7-12,14-16H2,1-4H3. The van der Waals surface area contributed by atoms with Gasteiger partial charge >= 0.3 is 0 Å². The Labute approximate surface area is 190 Å². The van der Waals surface area contributed by atoms with Crippen molar-refractivity contribution in [3.8, 4) is 0 Å². The van der Waals surface area contributed by atoms with Gasteiger partial charge in [-0.2, -0.15) is 5.10 Å². The third-order valence-electron chi connectivity index (χ3n) is 6.23. The molecule has 0 aliphatic carbocycles. The fourth-order valence-corrected chi connectivity index (χ4v) is 5.60. The molecule has 0 spiro atoms. The first-order chi connectivity index (χ1) is 15.0. The van der Waals surface area contributed by atoms with Crippen LogP contribution in [0.25, 0.3) is 0 Å². The molecule has 2 unspecified atom stereocenters. The van der Waals surface area contributed by atoms with Crippen LogP contribution in [0, 0.1) is 0 Å². The number of hydrogen-bond acceptors (Lipinski definition) is 7. The Morgan fingerprint density at radius 3 is 2.71 bits per heavy atom. The highest BCUT2D eigenvalue weighted by Crippen LogP contribution is 2.30. The van der Waals surface area contributed by atoms with E-state index in [1.54, 1.807) is 0 Å². The number of anilines is 1. The Morgan fingerprint density at radius 2 is 2.03 bits per heavy atom. The van der Waals surface area contributed by atoms with Crippen molar-refractivity contribution in [1.82, 2.24) is 20.0 Å². The highest BCUT2D eigenvalue weighted by Gasteiger charge is 2.28. The predicted octanol–water partition coefficient (Wildman–Crippen LogP) is 2.99. The van der Waals surface area contributed by atoms with Gasteiger partial charge in [-0.1, -0.05) is 19.9 Å². The summed E-state index contributed by atoms with van der Waals surface area (Å²) in [6.45, 7) is 14.6. The summed E-state index contributed by atoms with van der Waals surface area (Å²) >= 11 is 1.85. The minimum atomic E-state index is 0.287. The Balaban J connectivity index is 1.50. The Bertz CT molecular complexity index is 816. The van der Waals surface area contributed by atoms with Crippen LogP contribution < -0.4 is 10.2 Å². The summed E-state index contributed by atoms with van der Waals surface area (Å²) in [6.07, 6.45) is 0.287. The maximum Gasteiger partial charge on any atom is 0.131 e. The Kier molecular flexibility index (Phi) is 7.66. The van der Waals surface area contributed by atoms with E-state index in [-0.39, 0.29) is 6.10 Å². The molecule has 0 radical (unpaired) electrons. The number of nitrogens with zero attached hydrogens (tertiary/aromatic N) is 4. The number of aromatic nitrogens is 2. The van der Waals surface area contributed by atoms with Crippen LogP contribution in [0.15, 0.2) is 17.5 Å². The molecule has 2 aliphatic heterocycles. The summed E-state index contributed by atoms with van der Waals surface area (Å²) in [4.78, 5) is 6.42. The lowest BCUT2D eigenvalue weighted by molar-refractivity contribution is -0.0339. The first kappa shape index (κ1) is 22.7. The normalized spacial score (nSPS) is 21.7. The van der Waals surface area contributed by atoms with Crippen LogP contribution in [0.4, 0.5) is 5.82 Å². The van der Waals surface area contributed by atoms with Crippen LogP contribution >= 0.6 is 11.3 Å². The zero-order chi connectivity index (χ0) is 21.8. The highest BCUT2D eigenvalue weighted by atomic mass is 32.1. The van der Waals surface area contributed by atoms with E-state index in [1.165, 1.54) is 22.0 Å². The number of morpholine rings is 2. The molecule has 0 saturated carbocycles. The smallest absolute Gasteiger partial charge is 0.131 e. The van der Waals surface area contributed by atoms with Crippen molar-refractivity contribution < 1.29 is 9.47 Å². The minimum Gasteiger partial charge on any atom is -0.378 e. The molecule has 0 aromatic carbocycles. The molecule has 4 rings (SSSR count). The molecule has 0 bridgehead atoms. The van der Waals surface area contributed by atoms with E-state index in [1.807, 2.05) is 11.3 Å². The number of hydrogen-bond donors (Lipinski definition) is 1. The number of rotatable bonds is 8. The monoisotopic (exact) mass is 447 g/mol. The first-order valence-corrected chi connectivity index (χ1v) is 12.4. The Morgan fingerprint density at radius 1 is 1.23 bits per heavy atom. The second-order valence-corrected chi connectivity index (χ2v) is 9.88. The van der Waals surface area contributed by atoms with Crippen molar-refractivity contribution in [3.05, 3.63) is 33.6 Å². The molecule has 2 aliphatic rings. The van der Waals surface area contributed by atoms with Gasteiger partial charge in [0.2, 0.25) is 0 Å². The number of aryl methyl sites for hydroxylation is 1. The summed E-state index contributed by atoms with van der Waals surface area (Å²) in [6, 6.07) is 4.79. The molecule has 2 atom stereocenters. The molecule has 1 N–H and O–H groups in total. The molecule has 8 heteroatoms. The predicted molar refractivity (Wildman–Crippen MR) is 126 cm³/mol. The van der Waals surface area contributed by atoms with Crippen molar-refractivity contribution in [2.75, 3.05) is 57.4 Å². The lowest BCUT2D eigenvalue weighted by Crippen LogP contribution is -2.45. The SMILES string of the molecule is CC1CN(C(CNCc2c(C(C)C)nn(C)c2N2CCOCC2)c2cccs2)CCO1. The maximum absolute atomic E-state index is 5.79. The molecule has 31 heavy (non-hydrogen) atoms. The van der Waals surface area contributed by atoms with Crippen LogP contribution in [0.5, 0.6) is 0 Å². The second-order valence-electron chi connectivity index (χ2n) is 8.90. The molecule has 2 fully saturated rings.